The minimum atomic E-state index is -1.36. The van der Waals surface area contributed by atoms with Gasteiger partial charge in [-0.3, -0.25) is 0 Å². The lowest BCUT2D eigenvalue weighted by atomic mass is 9.85. The van der Waals surface area contributed by atoms with Crippen molar-refractivity contribution >= 4 is 12.1 Å². The fraction of sp³-hybridized carbons (Fsp3) is 0.364. The third-order valence-electron chi connectivity index (χ3n) is 5.75. The summed E-state index contributed by atoms with van der Waals surface area (Å²) in [5.41, 5.74) is 3.18. The second kappa shape index (κ2) is 7.43. The first-order chi connectivity index (χ1) is 12.9. The van der Waals surface area contributed by atoms with Crippen LogP contribution in [-0.2, 0) is 9.53 Å². The highest BCUT2D eigenvalue weighted by molar-refractivity contribution is 5.84. The highest BCUT2D eigenvalue weighted by atomic mass is 16.5. The zero-order valence-electron chi connectivity index (χ0n) is 15.9. The normalized spacial score (nSPS) is 16.0. The van der Waals surface area contributed by atoms with Gasteiger partial charge >= 0.3 is 12.1 Å². The molecule has 0 saturated carbocycles. The summed E-state index contributed by atoms with van der Waals surface area (Å²) in [6.45, 7) is 5.38. The molecule has 5 heteroatoms. The highest BCUT2D eigenvalue weighted by Gasteiger charge is 2.40. The molecule has 0 aromatic heterocycles. The number of benzene rings is 2. The fourth-order valence-corrected chi connectivity index (χ4v) is 3.64. The molecule has 0 heterocycles. The number of carbonyl (C=O) groups excluding carboxylic acids is 1. The number of ether oxygens (including phenoxy) is 1. The summed E-state index contributed by atoms with van der Waals surface area (Å²) in [6.07, 6.45) is -0.0750. The molecule has 0 spiro atoms. The van der Waals surface area contributed by atoms with Gasteiger partial charge in [0, 0.05) is 5.92 Å². The Labute approximate surface area is 159 Å². The van der Waals surface area contributed by atoms with Gasteiger partial charge in [0.15, 0.2) is 0 Å². The van der Waals surface area contributed by atoms with E-state index in [0.29, 0.717) is 6.42 Å². The third-order valence-corrected chi connectivity index (χ3v) is 5.75. The van der Waals surface area contributed by atoms with Crippen LogP contribution in [0, 0.1) is 5.92 Å². The molecule has 2 aromatic rings. The number of aliphatic carboxylic acids is 1. The molecule has 27 heavy (non-hydrogen) atoms. The molecule has 1 aliphatic rings. The molecule has 2 N–H and O–H groups in total. The summed E-state index contributed by atoms with van der Waals surface area (Å²) in [5.74, 6) is -1.34. The Kier molecular flexibility index (Phi) is 5.22. The van der Waals surface area contributed by atoms with Gasteiger partial charge in [-0.05, 0) is 35.1 Å². The number of nitrogens with one attached hydrogen (secondary N) is 1. The lowest BCUT2D eigenvalue weighted by Gasteiger charge is -2.31. The maximum absolute atomic E-state index is 12.4. The maximum atomic E-state index is 12.4. The first-order valence-corrected chi connectivity index (χ1v) is 9.25. The van der Waals surface area contributed by atoms with Gasteiger partial charge in [0.2, 0.25) is 0 Å². The molecule has 2 unspecified atom stereocenters. The van der Waals surface area contributed by atoms with E-state index in [1.807, 2.05) is 43.3 Å². The minimum absolute atomic E-state index is 0.0529. The predicted octanol–water partition coefficient (Wildman–Crippen LogP) is 4.41. The van der Waals surface area contributed by atoms with Gasteiger partial charge in [0.05, 0.1) is 0 Å². The number of fused-ring (bicyclic) bond motifs is 3. The smallest absolute Gasteiger partial charge is 0.408 e. The van der Waals surface area contributed by atoms with Gasteiger partial charge in [0.25, 0.3) is 0 Å². The molecule has 1 amide bonds. The van der Waals surface area contributed by atoms with Crippen LogP contribution >= 0.6 is 0 Å². The van der Waals surface area contributed by atoms with Gasteiger partial charge < -0.3 is 15.2 Å². The Morgan fingerprint density at radius 1 is 1.11 bits per heavy atom. The number of carboxylic acids is 1. The topological polar surface area (TPSA) is 75.6 Å². The van der Waals surface area contributed by atoms with Gasteiger partial charge in [-0.2, -0.15) is 0 Å². The van der Waals surface area contributed by atoms with E-state index < -0.39 is 17.6 Å². The summed E-state index contributed by atoms with van der Waals surface area (Å²) in [6, 6.07) is 16.2. The first-order valence-electron chi connectivity index (χ1n) is 9.25. The third kappa shape index (κ3) is 3.42. The van der Waals surface area contributed by atoms with Crippen LogP contribution in [0.3, 0.4) is 0 Å². The van der Waals surface area contributed by atoms with Crippen LogP contribution in [-0.4, -0.2) is 29.3 Å². The average molecular weight is 367 g/mol. The van der Waals surface area contributed by atoms with Gasteiger partial charge in [-0.25, -0.2) is 9.59 Å². The standard InChI is InChI=1S/C22H25NO4/c1-4-14(2)22(3,20(24)25)23-21(26)27-13-19-17-11-7-5-9-15(17)16-10-6-8-12-18(16)19/h5-12,14,19H,4,13H2,1-3H3,(H,23,26)(H,24,25). The lowest BCUT2D eigenvalue weighted by molar-refractivity contribution is -0.146. The van der Waals surface area contributed by atoms with E-state index in [2.05, 4.69) is 17.4 Å². The Balaban J connectivity index is 1.75. The molecule has 0 fully saturated rings. The maximum Gasteiger partial charge on any atom is 0.408 e. The zero-order chi connectivity index (χ0) is 19.6. The van der Waals surface area contributed by atoms with Crippen molar-refractivity contribution in [1.82, 2.24) is 5.32 Å². The number of amides is 1. The molecule has 0 radical (unpaired) electrons. The Hall–Kier alpha value is -2.82. The van der Waals surface area contributed by atoms with Crippen LogP contribution in [0.4, 0.5) is 4.79 Å². The summed E-state index contributed by atoms with van der Waals surface area (Å²) in [7, 11) is 0. The van der Waals surface area contributed by atoms with Gasteiger partial charge in [-0.1, -0.05) is 68.8 Å². The van der Waals surface area contributed by atoms with E-state index in [9.17, 15) is 14.7 Å². The monoisotopic (exact) mass is 367 g/mol. The molecule has 2 aromatic carbocycles. The van der Waals surface area contributed by atoms with Crippen molar-refractivity contribution in [1.29, 1.82) is 0 Å². The molecule has 0 bridgehead atoms. The molecular formula is C22H25NO4. The molecule has 142 valence electrons. The van der Waals surface area contributed by atoms with Crippen molar-refractivity contribution in [3.63, 3.8) is 0 Å². The van der Waals surface area contributed by atoms with Crippen LogP contribution in [0.25, 0.3) is 11.1 Å². The van der Waals surface area contributed by atoms with E-state index in [1.165, 1.54) is 6.92 Å². The van der Waals surface area contributed by atoms with Crippen molar-refractivity contribution in [3.05, 3.63) is 59.7 Å². The largest absolute Gasteiger partial charge is 0.480 e. The first kappa shape index (κ1) is 19.0. The van der Waals surface area contributed by atoms with E-state index in [1.54, 1.807) is 6.92 Å². The molecule has 0 aliphatic heterocycles. The number of hydrogen-bond acceptors (Lipinski definition) is 3. The van der Waals surface area contributed by atoms with E-state index in [-0.39, 0.29) is 18.4 Å². The molecule has 0 saturated heterocycles. The fourth-order valence-electron chi connectivity index (χ4n) is 3.64. The molecule has 1 aliphatic carbocycles. The number of hydrogen-bond donors (Lipinski definition) is 2. The molecule has 2 atom stereocenters. The minimum Gasteiger partial charge on any atom is -0.480 e. The SMILES string of the molecule is CCC(C)C(C)(NC(=O)OCC1c2ccccc2-c2ccccc21)C(=O)O. The van der Waals surface area contributed by atoms with Crippen molar-refractivity contribution in [3.8, 4) is 11.1 Å². The van der Waals surface area contributed by atoms with Crippen LogP contribution in [0.5, 0.6) is 0 Å². The second-order valence-corrected chi connectivity index (χ2v) is 7.27. The van der Waals surface area contributed by atoms with Crippen LogP contribution < -0.4 is 5.32 Å². The number of rotatable bonds is 6. The lowest BCUT2D eigenvalue weighted by Crippen LogP contribution is -2.56. The number of alkyl carbamates (subject to hydrolysis) is 1. The van der Waals surface area contributed by atoms with E-state index in [0.717, 1.165) is 22.3 Å². The van der Waals surface area contributed by atoms with Gasteiger partial charge in [0.1, 0.15) is 12.1 Å². The summed E-state index contributed by atoms with van der Waals surface area (Å²) in [4.78, 5) is 24.0. The molecular weight excluding hydrogens is 342 g/mol. The number of carbonyl (C=O) groups is 2. The Morgan fingerprint density at radius 2 is 1.63 bits per heavy atom. The van der Waals surface area contributed by atoms with Crippen molar-refractivity contribution in [2.45, 2.75) is 38.6 Å². The summed E-state index contributed by atoms with van der Waals surface area (Å²) >= 11 is 0. The van der Waals surface area contributed by atoms with Crippen molar-refractivity contribution in [2.24, 2.45) is 5.92 Å². The summed E-state index contributed by atoms with van der Waals surface area (Å²) in [5, 5.41) is 12.1. The quantitative estimate of drug-likeness (QED) is 0.793. The van der Waals surface area contributed by atoms with Crippen molar-refractivity contribution < 1.29 is 19.4 Å². The van der Waals surface area contributed by atoms with Crippen LogP contribution in [0.2, 0.25) is 0 Å². The Morgan fingerprint density at radius 3 is 2.11 bits per heavy atom. The highest BCUT2D eigenvalue weighted by Crippen LogP contribution is 2.44. The van der Waals surface area contributed by atoms with Crippen LogP contribution in [0.15, 0.2) is 48.5 Å². The number of carboxylic acid groups (broad SMARTS) is 1. The van der Waals surface area contributed by atoms with E-state index >= 15 is 0 Å². The van der Waals surface area contributed by atoms with Crippen LogP contribution in [0.1, 0.15) is 44.2 Å². The zero-order valence-corrected chi connectivity index (χ0v) is 15.9. The second-order valence-electron chi connectivity index (χ2n) is 7.27. The predicted molar refractivity (Wildman–Crippen MR) is 104 cm³/mol. The molecule has 3 rings (SSSR count). The molecule has 5 nitrogen and oxygen atoms in total. The van der Waals surface area contributed by atoms with Gasteiger partial charge in [-0.15, -0.1) is 0 Å². The summed E-state index contributed by atoms with van der Waals surface area (Å²) < 4.78 is 5.47. The van der Waals surface area contributed by atoms with Crippen molar-refractivity contribution in [2.75, 3.05) is 6.61 Å². The Bertz CT molecular complexity index is 817. The average Bonchev–Trinajstić information content (AvgIpc) is 2.99. The van der Waals surface area contributed by atoms with E-state index in [4.69, 9.17) is 4.74 Å².